The summed E-state index contributed by atoms with van der Waals surface area (Å²) in [5.41, 5.74) is 2.07. The third kappa shape index (κ3) is 4.49. The van der Waals surface area contributed by atoms with Crippen LogP contribution in [-0.2, 0) is 4.74 Å². The first-order valence-electron chi connectivity index (χ1n) is 5.00. The number of rotatable bonds is 6. The average Bonchev–Trinajstić information content (AvgIpc) is 2.18. The zero-order valence-electron chi connectivity index (χ0n) is 9.16. The molecule has 1 unspecified atom stereocenters. The molecule has 0 aliphatic heterocycles. The Balaban J connectivity index is 2.56. The summed E-state index contributed by atoms with van der Waals surface area (Å²) >= 11 is 5.72. The van der Waals surface area contributed by atoms with E-state index in [9.17, 15) is 0 Å². The van der Waals surface area contributed by atoms with Crippen LogP contribution in [0.4, 0.5) is 5.69 Å². The molecule has 0 amide bonds. The molecule has 0 fully saturated rings. The van der Waals surface area contributed by atoms with Crippen molar-refractivity contribution in [2.45, 2.75) is 19.4 Å². The van der Waals surface area contributed by atoms with Gasteiger partial charge in [-0.1, -0.05) is 0 Å². The van der Waals surface area contributed by atoms with Gasteiger partial charge in [0.05, 0.1) is 12.6 Å². The van der Waals surface area contributed by atoms with Gasteiger partial charge in [0.15, 0.2) is 0 Å². The van der Waals surface area contributed by atoms with Crippen molar-refractivity contribution in [1.82, 2.24) is 4.98 Å². The van der Waals surface area contributed by atoms with Crippen molar-refractivity contribution in [2.75, 3.05) is 24.9 Å². The van der Waals surface area contributed by atoms with E-state index in [1.54, 1.807) is 13.3 Å². The van der Waals surface area contributed by atoms with Gasteiger partial charge in [0.2, 0.25) is 0 Å². The molecule has 4 heteroatoms. The van der Waals surface area contributed by atoms with Crippen molar-refractivity contribution in [3.05, 3.63) is 24.0 Å². The molecule has 1 N–H and O–H groups in total. The minimum atomic E-state index is 0.259. The second kappa shape index (κ2) is 6.64. The van der Waals surface area contributed by atoms with Crippen molar-refractivity contribution < 1.29 is 4.74 Å². The largest absolute Gasteiger partial charge is 0.383 e. The number of hydrogen-bond acceptors (Lipinski definition) is 3. The zero-order valence-corrected chi connectivity index (χ0v) is 9.92. The summed E-state index contributed by atoms with van der Waals surface area (Å²) in [5, 5.41) is 3.37. The summed E-state index contributed by atoms with van der Waals surface area (Å²) in [6.45, 7) is 2.63. The number of aryl methyl sites for hydroxylation is 1. The minimum Gasteiger partial charge on any atom is -0.383 e. The number of anilines is 1. The van der Waals surface area contributed by atoms with Crippen LogP contribution >= 0.6 is 11.6 Å². The van der Waals surface area contributed by atoms with Crippen LogP contribution in [0.15, 0.2) is 18.3 Å². The lowest BCUT2D eigenvalue weighted by atomic mass is 10.2. The van der Waals surface area contributed by atoms with E-state index in [4.69, 9.17) is 16.3 Å². The van der Waals surface area contributed by atoms with Crippen LogP contribution in [0.3, 0.4) is 0 Å². The molecular formula is C11H17ClN2O. The van der Waals surface area contributed by atoms with Crippen LogP contribution in [0.1, 0.15) is 12.1 Å². The number of alkyl halides is 1. The lowest BCUT2D eigenvalue weighted by molar-refractivity contribution is 0.184. The second-order valence-electron chi connectivity index (χ2n) is 3.46. The van der Waals surface area contributed by atoms with Crippen LogP contribution in [0.2, 0.25) is 0 Å². The molecule has 0 radical (unpaired) electrons. The number of nitrogens with zero attached hydrogens (tertiary/aromatic N) is 1. The topological polar surface area (TPSA) is 34.1 Å². The van der Waals surface area contributed by atoms with Gasteiger partial charge in [0.25, 0.3) is 0 Å². The predicted octanol–water partition coefficient (Wildman–Crippen LogP) is 2.45. The highest BCUT2D eigenvalue weighted by Gasteiger charge is 2.07. The number of pyridine rings is 1. The summed E-state index contributed by atoms with van der Waals surface area (Å²) in [6.07, 6.45) is 2.68. The van der Waals surface area contributed by atoms with Crippen molar-refractivity contribution in [3.8, 4) is 0 Å². The number of nitrogens with one attached hydrogen (secondary N) is 1. The molecular weight excluding hydrogens is 212 g/mol. The normalized spacial score (nSPS) is 12.5. The summed E-state index contributed by atoms with van der Waals surface area (Å²) in [6, 6.07) is 4.22. The number of ether oxygens (including phenoxy) is 1. The molecule has 0 aromatic carbocycles. The highest BCUT2D eigenvalue weighted by Crippen LogP contribution is 2.10. The molecule has 0 bridgehead atoms. The van der Waals surface area contributed by atoms with Gasteiger partial charge in [0, 0.05) is 30.6 Å². The first kappa shape index (κ1) is 12.3. The summed E-state index contributed by atoms with van der Waals surface area (Å²) in [5.74, 6) is 0.630. The Morgan fingerprint density at radius 3 is 3.00 bits per heavy atom. The lowest BCUT2D eigenvalue weighted by Gasteiger charge is -2.18. The molecule has 0 aliphatic rings. The van der Waals surface area contributed by atoms with Crippen LogP contribution in [-0.4, -0.2) is 30.6 Å². The smallest absolute Gasteiger partial charge is 0.0664 e. The Morgan fingerprint density at radius 1 is 1.60 bits per heavy atom. The Hall–Kier alpha value is -0.800. The first-order valence-corrected chi connectivity index (χ1v) is 5.54. The number of aromatic nitrogens is 1. The number of hydrogen-bond donors (Lipinski definition) is 1. The maximum atomic E-state index is 5.72. The van der Waals surface area contributed by atoms with Crippen molar-refractivity contribution in [2.24, 2.45) is 0 Å². The van der Waals surface area contributed by atoms with E-state index >= 15 is 0 Å². The third-order valence-electron chi connectivity index (χ3n) is 2.09. The fourth-order valence-electron chi connectivity index (χ4n) is 1.40. The Kier molecular flexibility index (Phi) is 5.43. The molecule has 15 heavy (non-hydrogen) atoms. The minimum absolute atomic E-state index is 0.259. The quantitative estimate of drug-likeness (QED) is 0.760. The first-order chi connectivity index (χ1) is 7.26. The number of halogens is 1. The fourth-order valence-corrected chi connectivity index (χ4v) is 1.66. The van der Waals surface area contributed by atoms with Gasteiger partial charge < -0.3 is 10.1 Å². The molecule has 1 aromatic heterocycles. The van der Waals surface area contributed by atoms with Gasteiger partial charge in [-0.2, -0.15) is 0 Å². The van der Waals surface area contributed by atoms with E-state index in [2.05, 4.69) is 10.3 Å². The molecule has 0 saturated carbocycles. The molecule has 1 rings (SSSR count). The van der Waals surface area contributed by atoms with E-state index in [0.717, 1.165) is 17.8 Å². The van der Waals surface area contributed by atoms with Gasteiger partial charge in [-0.15, -0.1) is 11.6 Å². The van der Waals surface area contributed by atoms with E-state index in [1.165, 1.54) is 0 Å². The second-order valence-corrected chi connectivity index (χ2v) is 3.84. The monoisotopic (exact) mass is 228 g/mol. The van der Waals surface area contributed by atoms with Crippen LogP contribution < -0.4 is 5.32 Å². The number of methoxy groups -OCH3 is 1. The molecule has 84 valence electrons. The highest BCUT2D eigenvalue weighted by molar-refractivity contribution is 6.17. The summed E-state index contributed by atoms with van der Waals surface area (Å²) in [4.78, 5) is 4.14. The van der Waals surface area contributed by atoms with Gasteiger partial charge in [-0.3, -0.25) is 4.98 Å². The molecule has 0 aliphatic carbocycles. The highest BCUT2D eigenvalue weighted by atomic mass is 35.5. The molecule has 1 heterocycles. The van der Waals surface area contributed by atoms with Crippen molar-refractivity contribution >= 4 is 17.3 Å². The van der Waals surface area contributed by atoms with Gasteiger partial charge in [-0.25, -0.2) is 0 Å². The van der Waals surface area contributed by atoms with E-state index in [-0.39, 0.29) is 6.04 Å². The van der Waals surface area contributed by atoms with Crippen molar-refractivity contribution in [3.63, 3.8) is 0 Å². The van der Waals surface area contributed by atoms with Crippen LogP contribution in [0.25, 0.3) is 0 Å². The Labute approximate surface area is 95.8 Å². The molecule has 1 atom stereocenters. The van der Waals surface area contributed by atoms with E-state index in [0.29, 0.717) is 12.5 Å². The lowest BCUT2D eigenvalue weighted by Crippen LogP contribution is -2.25. The standard InChI is InChI=1S/C11H17ClN2O/c1-9-7-10(4-6-13-9)14-11(3-5-12)8-15-2/h4,6-7,11H,3,5,8H2,1-2H3,(H,13,14). The molecule has 0 saturated heterocycles. The van der Waals surface area contributed by atoms with E-state index in [1.807, 2.05) is 19.1 Å². The van der Waals surface area contributed by atoms with E-state index < -0.39 is 0 Å². The Bertz CT molecular complexity index is 288. The fraction of sp³-hybridized carbons (Fsp3) is 0.545. The maximum absolute atomic E-state index is 5.72. The van der Waals surface area contributed by atoms with Gasteiger partial charge in [0.1, 0.15) is 0 Å². The van der Waals surface area contributed by atoms with Gasteiger partial charge in [-0.05, 0) is 25.5 Å². The predicted molar refractivity (Wildman–Crippen MR) is 63.6 cm³/mol. The van der Waals surface area contributed by atoms with Gasteiger partial charge >= 0.3 is 0 Å². The molecule has 3 nitrogen and oxygen atoms in total. The maximum Gasteiger partial charge on any atom is 0.0664 e. The molecule has 0 spiro atoms. The summed E-state index contributed by atoms with van der Waals surface area (Å²) < 4.78 is 5.12. The summed E-state index contributed by atoms with van der Waals surface area (Å²) in [7, 11) is 1.70. The average molecular weight is 229 g/mol. The van der Waals surface area contributed by atoms with Crippen LogP contribution in [0, 0.1) is 6.92 Å². The van der Waals surface area contributed by atoms with Crippen molar-refractivity contribution in [1.29, 1.82) is 0 Å². The molecule has 1 aromatic rings. The SMILES string of the molecule is COCC(CCCl)Nc1ccnc(C)c1. The Morgan fingerprint density at radius 2 is 2.40 bits per heavy atom. The third-order valence-corrected chi connectivity index (χ3v) is 2.31. The van der Waals surface area contributed by atoms with Crippen LogP contribution in [0.5, 0.6) is 0 Å². The zero-order chi connectivity index (χ0) is 11.1.